The second-order valence-corrected chi connectivity index (χ2v) is 13.7. The van der Waals surface area contributed by atoms with Crippen molar-refractivity contribution in [3.8, 4) is 17.2 Å². The summed E-state index contributed by atoms with van der Waals surface area (Å²) in [6, 6.07) is 10.1. The minimum Gasteiger partial charge on any atom is -0.504 e. The van der Waals surface area contributed by atoms with E-state index in [0.29, 0.717) is 35.5 Å². The van der Waals surface area contributed by atoms with Gasteiger partial charge in [-0.15, -0.1) is 0 Å². The standard InChI is InChI=1S/C39H49O16P/c1-4-36(42)52-25-32(55-37(43)5-2)26-54-56(46,47)53-18-8-12-38(44)50-20-19-49-17-7-11-30(40)24-51-31-15-14-28-22-29(39(45)33(28)23-31)10-6-9-27-13-16-34(41)35(21-27)48-3/h6,9-10,13-16,21,23,32,41H,4-5,7-8,11-12,17-20,22,24-26H2,1-3H3,(H,46,47)/b9-6+,29-10-. The number of fused-ring (bicyclic) bond motifs is 1. The molecule has 1 aliphatic rings. The molecule has 16 nitrogen and oxygen atoms in total. The number of phosphoric acid groups is 1. The Morgan fingerprint density at radius 2 is 1.64 bits per heavy atom. The van der Waals surface area contributed by atoms with Crippen molar-refractivity contribution in [2.75, 3.05) is 53.4 Å². The number of hydrogen-bond acceptors (Lipinski definition) is 15. The molecule has 17 heteroatoms. The third-order valence-corrected chi connectivity index (χ3v) is 8.92. The molecule has 2 atom stereocenters. The van der Waals surface area contributed by atoms with Crippen LogP contribution >= 0.6 is 7.82 Å². The first-order chi connectivity index (χ1) is 26.8. The molecule has 2 aromatic carbocycles. The molecule has 0 aliphatic heterocycles. The monoisotopic (exact) mass is 804 g/mol. The van der Waals surface area contributed by atoms with Crippen LogP contribution in [0.15, 0.2) is 54.1 Å². The van der Waals surface area contributed by atoms with E-state index in [0.717, 1.165) is 11.1 Å². The van der Waals surface area contributed by atoms with Gasteiger partial charge in [-0.25, -0.2) is 4.57 Å². The SMILES string of the molecule is CCC(=O)OCC(COP(=O)(O)OCCCC(=O)OCCOCCCC(=O)COc1ccc2c(c1)C(=O)/C(=C\C=C\c1ccc(O)c(OC)c1)C2)OC(=O)CC. The van der Waals surface area contributed by atoms with Gasteiger partial charge >= 0.3 is 25.7 Å². The van der Waals surface area contributed by atoms with Crippen LogP contribution in [0.2, 0.25) is 0 Å². The van der Waals surface area contributed by atoms with Crippen molar-refractivity contribution in [2.45, 2.75) is 64.9 Å². The molecule has 0 bridgehead atoms. The Balaban J connectivity index is 1.24. The summed E-state index contributed by atoms with van der Waals surface area (Å²) in [5.41, 5.74) is 2.81. The van der Waals surface area contributed by atoms with Crippen molar-refractivity contribution in [3.05, 3.63) is 70.8 Å². The van der Waals surface area contributed by atoms with E-state index >= 15 is 0 Å². The number of rotatable bonds is 26. The van der Waals surface area contributed by atoms with Gasteiger partial charge in [0, 0.05) is 49.8 Å². The van der Waals surface area contributed by atoms with Gasteiger partial charge in [-0.1, -0.05) is 44.2 Å². The molecule has 2 N–H and O–H groups in total. The van der Waals surface area contributed by atoms with Crippen molar-refractivity contribution >= 4 is 43.4 Å². The number of ketones is 2. The van der Waals surface area contributed by atoms with Gasteiger partial charge in [0.05, 0.1) is 26.9 Å². The number of esters is 3. The average molecular weight is 805 g/mol. The largest absolute Gasteiger partial charge is 0.504 e. The fourth-order valence-electron chi connectivity index (χ4n) is 4.96. The molecule has 0 fully saturated rings. The van der Waals surface area contributed by atoms with Crippen LogP contribution in [0.3, 0.4) is 0 Å². The fourth-order valence-corrected chi connectivity index (χ4v) is 5.75. The summed E-state index contributed by atoms with van der Waals surface area (Å²) < 4.78 is 53.1. The van der Waals surface area contributed by atoms with Crippen LogP contribution in [-0.2, 0) is 58.2 Å². The lowest BCUT2D eigenvalue weighted by molar-refractivity contribution is -0.160. The Morgan fingerprint density at radius 3 is 2.39 bits per heavy atom. The molecular weight excluding hydrogens is 755 g/mol. The van der Waals surface area contributed by atoms with E-state index in [1.165, 1.54) is 13.2 Å². The lowest BCUT2D eigenvalue weighted by Crippen LogP contribution is -2.29. The fraction of sp³-hybridized carbons (Fsp3) is 0.462. The van der Waals surface area contributed by atoms with E-state index in [1.54, 1.807) is 56.3 Å². The first-order valence-electron chi connectivity index (χ1n) is 18.1. The Kier molecular flexibility index (Phi) is 19.5. The highest BCUT2D eigenvalue weighted by Crippen LogP contribution is 2.43. The average Bonchev–Trinajstić information content (AvgIpc) is 3.50. The van der Waals surface area contributed by atoms with Crippen molar-refractivity contribution in [2.24, 2.45) is 0 Å². The van der Waals surface area contributed by atoms with Crippen LogP contribution in [0, 0.1) is 0 Å². The normalized spacial score (nSPS) is 14.6. The Labute approximate surface area is 325 Å². The summed E-state index contributed by atoms with van der Waals surface area (Å²) in [5, 5.41) is 9.76. The van der Waals surface area contributed by atoms with Crippen molar-refractivity contribution in [1.82, 2.24) is 0 Å². The number of phenolic OH excluding ortho intramolecular Hbond substituents is 1. The highest BCUT2D eigenvalue weighted by molar-refractivity contribution is 7.47. The molecule has 0 amide bonds. The van der Waals surface area contributed by atoms with Crippen LogP contribution in [0.1, 0.15) is 73.9 Å². The summed E-state index contributed by atoms with van der Waals surface area (Å²) in [6.45, 7) is 2.07. The predicted molar refractivity (Wildman–Crippen MR) is 200 cm³/mol. The van der Waals surface area contributed by atoms with E-state index in [1.807, 2.05) is 6.07 Å². The first kappa shape index (κ1) is 45.5. The van der Waals surface area contributed by atoms with Crippen molar-refractivity contribution in [1.29, 1.82) is 0 Å². The van der Waals surface area contributed by atoms with Gasteiger partial charge in [0.2, 0.25) is 0 Å². The Morgan fingerprint density at radius 1 is 0.875 bits per heavy atom. The van der Waals surface area contributed by atoms with Gasteiger partial charge in [0.15, 0.2) is 29.2 Å². The molecule has 0 radical (unpaired) electrons. The number of methoxy groups -OCH3 is 1. The summed E-state index contributed by atoms with van der Waals surface area (Å²) >= 11 is 0. The molecule has 3 rings (SSSR count). The number of phosphoric ester groups is 1. The number of allylic oxidation sites excluding steroid dienone is 3. The highest BCUT2D eigenvalue weighted by atomic mass is 31.2. The predicted octanol–water partition coefficient (Wildman–Crippen LogP) is 5.26. The molecule has 1 aliphatic carbocycles. The second-order valence-electron chi connectivity index (χ2n) is 12.3. The zero-order valence-corrected chi connectivity index (χ0v) is 32.6. The summed E-state index contributed by atoms with van der Waals surface area (Å²) in [6.07, 6.45) is 5.39. The summed E-state index contributed by atoms with van der Waals surface area (Å²) in [5.74, 6) is -1.20. The molecule has 2 aromatic rings. The van der Waals surface area contributed by atoms with E-state index < -0.39 is 38.4 Å². The molecule has 0 saturated heterocycles. The van der Waals surface area contributed by atoms with E-state index in [-0.39, 0.29) is 89.1 Å². The van der Waals surface area contributed by atoms with Gasteiger partial charge in [-0.3, -0.25) is 33.0 Å². The number of ether oxygens (including phenoxy) is 6. The van der Waals surface area contributed by atoms with Crippen LogP contribution in [0.4, 0.5) is 0 Å². The number of hydrogen-bond donors (Lipinski definition) is 2. The molecular formula is C39H49O16P. The Bertz CT molecular complexity index is 1770. The lowest BCUT2D eigenvalue weighted by atomic mass is 10.1. The summed E-state index contributed by atoms with van der Waals surface area (Å²) in [4.78, 5) is 70.2. The maximum atomic E-state index is 13.0. The van der Waals surface area contributed by atoms with Crippen molar-refractivity contribution in [3.63, 3.8) is 0 Å². The van der Waals surface area contributed by atoms with Gasteiger partial charge < -0.3 is 38.4 Å². The molecule has 0 spiro atoms. The van der Waals surface area contributed by atoms with E-state index in [9.17, 15) is 38.5 Å². The third kappa shape index (κ3) is 16.5. The van der Waals surface area contributed by atoms with Crippen LogP contribution < -0.4 is 9.47 Å². The quantitative estimate of drug-likeness (QED) is 0.0408. The number of Topliss-reactive ketones (excluding diaryl/α,β-unsaturated/α-hetero) is 2. The molecule has 0 aromatic heterocycles. The third-order valence-electron chi connectivity index (χ3n) is 7.93. The van der Waals surface area contributed by atoms with Gasteiger partial charge in [0.1, 0.15) is 25.6 Å². The van der Waals surface area contributed by atoms with Gasteiger partial charge in [-0.05, 0) is 48.2 Å². The molecule has 56 heavy (non-hydrogen) atoms. The molecule has 0 heterocycles. The number of carbonyl (C=O) groups is 5. The second kappa shape index (κ2) is 23.9. The Hall–Kier alpha value is -4.86. The van der Waals surface area contributed by atoms with E-state index in [2.05, 4.69) is 0 Å². The first-order valence-corrected chi connectivity index (χ1v) is 19.6. The molecule has 2 unspecified atom stereocenters. The van der Waals surface area contributed by atoms with Crippen molar-refractivity contribution < 1.29 is 76.0 Å². The smallest absolute Gasteiger partial charge is 0.472 e. The summed E-state index contributed by atoms with van der Waals surface area (Å²) in [7, 11) is -3.09. The highest BCUT2D eigenvalue weighted by Gasteiger charge is 2.27. The zero-order chi connectivity index (χ0) is 40.9. The van der Waals surface area contributed by atoms with Crippen LogP contribution in [0.5, 0.6) is 17.2 Å². The van der Waals surface area contributed by atoms with Crippen LogP contribution in [0.25, 0.3) is 6.08 Å². The number of phenols is 1. The van der Waals surface area contributed by atoms with Gasteiger partial charge in [0.25, 0.3) is 0 Å². The number of carbonyl (C=O) groups excluding carboxylic acids is 5. The molecule has 306 valence electrons. The maximum Gasteiger partial charge on any atom is 0.472 e. The van der Waals surface area contributed by atoms with Gasteiger partial charge in [-0.2, -0.15) is 0 Å². The van der Waals surface area contributed by atoms with E-state index in [4.69, 9.17) is 37.5 Å². The number of benzene rings is 2. The minimum absolute atomic E-state index is 0.0310. The topological polar surface area (TPSA) is 217 Å². The van der Waals surface area contributed by atoms with Crippen LogP contribution in [-0.4, -0.2) is 98.9 Å². The minimum atomic E-state index is -4.56. The number of aromatic hydroxyl groups is 1. The zero-order valence-electron chi connectivity index (χ0n) is 31.7. The lowest BCUT2D eigenvalue weighted by Gasteiger charge is -2.19. The molecule has 0 saturated carbocycles. The maximum absolute atomic E-state index is 13.0.